The van der Waals surface area contributed by atoms with Crippen molar-refractivity contribution in [2.24, 2.45) is 0 Å². The fourth-order valence-corrected chi connectivity index (χ4v) is 3.31. The lowest BCUT2D eigenvalue weighted by molar-refractivity contribution is -0.134. The first kappa shape index (κ1) is 16.4. The molecule has 1 aromatic carbocycles. The van der Waals surface area contributed by atoms with Gasteiger partial charge in [0.25, 0.3) is 0 Å². The van der Waals surface area contributed by atoms with Gasteiger partial charge >= 0.3 is 0 Å². The number of likely N-dealkylation sites (tertiary alicyclic amines) is 1. The molecule has 21 heavy (non-hydrogen) atoms. The smallest absolute Gasteiger partial charge is 0.224 e. The fraction of sp³-hybridized carbons (Fsp3) is 0.562. The second-order valence-electron chi connectivity index (χ2n) is 5.45. The Morgan fingerprint density at radius 2 is 2.19 bits per heavy atom. The van der Waals surface area contributed by atoms with E-state index in [4.69, 9.17) is 23.2 Å². The van der Waals surface area contributed by atoms with Crippen LogP contribution in [0.5, 0.6) is 0 Å². The van der Waals surface area contributed by atoms with Gasteiger partial charge in [-0.05, 0) is 43.9 Å². The van der Waals surface area contributed by atoms with Crippen molar-refractivity contribution in [3.05, 3.63) is 28.2 Å². The summed E-state index contributed by atoms with van der Waals surface area (Å²) >= 11 is 12.0. The Balaban J connectivity index is 1.83. The van der Waals surface area contributed by atoms with E-state index >= 15 is 0 Å². The summed E-state index contributed by atoms with van der Waals surface area (Å²) in [5, 5.41) is 4.40. The Labute approximate surface area is 136 Å². The molecule has 0 radical (unpaired) electrons. The molecule has 0 aromatic heterocycles. The van der Waals surface area contributed by atoms with Crippen molar-refractivity contribution in [1.82, 2.24) is 4.90 Å². The van der Waals surface area contributed by atoms with Crippen LogP contribution in [-0.2, 0) is 4.79 Å². The van der Waals surface area contributed by atoms with Gasteiger partial charge < -0.3 is 10.2 Å². The Kier molecular flexibility index (Phi) is 6.19. The minimum absolute atomic E-state index is 0.235. The number of nitrogens with zero attached hydrogens (tertiary/aromatic N) is 1. The molecule has 1 unspecified atom stereocenters. The van der Waals surface area contributed by atoms with E-state index in [1.807, 2.05) is 6.07 Å². The second kappa shape index (κ2) is 7.90. The highest BCUT2D eigenvalue weighted by atomic mass is 35.5. The molecule has 1 heterocycles. The number of carbonyl (C=O) groups excluding carboxylic acids is 1. The van der Waals surface area contributed by atoms with E-state index in [0.717, 1.165) is 31.5 Å². The summed E-state index contributed by atoms with van der Waals surface area (Å²) in [7, 11) is 0. The van der Waals surface area contributed by atoms with Gasteiger partial charge in [0.2, 0.25) is 5.91 Å². The summed E-state index contributed by atoms with van der Waals surface area (Å²) in [6, 6.07) is 5.75. The zero-order chi connectivity index (χ0) is 15.2. The molecule has 1 aliphatic heterocycles. The predicted molar refractivity (Wildman–Crippen MR) is 89.2 cm³/mol. The number of amides is 1. The standard InChI is InChI=1S/C16H22Cl2N2O/c1-2-13-5-3-4-10-20(13)16(21)8-9-19-15-7-6-12(17)11-14(15)18/h6-7,11,13,19H,2-5,8-10H2,1H3. The molecular formula is C16H22Cl2N2O. The number of rotatable bonds is 5. The van der Waals surface area contributed by atoms with Crippen molar-refractivity contribution in [1.29, 1.82) is 0 Å². The molecule has 1 aromatic rings. The molecule has 1 amide bonds. The van der Waals surface area contributed by atoms with E-state index in [2.05, 4.69) is 17.1 Å². The average molecular weight is 329 g/mol. The summed E-state index contributed by atoms with van der Waals surface area (Å²) in [6.07, 6.45) is 5.04. The van der Waals surface area contributed by atoms with Crippen LogP contribution in [-0.4, -0.2) is 29.9 Å². The van der Waals surface area contributed by atoms with Gasteiger partial charge in [0, 0.05) is 30.6 Å². The fourth-order valence-electron chi connectivity index (χ4n) is 2.83. The van der Waals surface area contributed by atoms with Gasteiger partial charge in [-0.3, -0.25) is 4.79 Å². The van der Waals surface area contributed by atoms with Crippen LogP contribution in [0.25, 0.3) is 0 Å². The summed E-state index contributed by atoms with van der Waals surface area (Å²) in [4.78, 5) is 14.4. The maximum atomic E-state index is 12.3. The summed E-state index contributed by atoms with van der Waals surface area (Å²) < 4.78 is 0. The zero-order valence-corrected chi connectivity index (χ0v) is 13.9. The minimum Gasteiger partial charge on any atom is -0.383 e. The van der Waals surface area contributed by atoms with Gasteiger partial charge in [-0.2, -0.15) is 0 Å². The molecule has 1 N–H and O–H groups in total. The minimum atomic E-state index is 0.235. The lowest BCUT2D eigenvalue weighted by Crippen LogP contribution is -2.43. The first-order chi connectivity index (χ1) is 10.1. The number of nitrogens with one attached hydrogen (secondary N) is 1. The van der Waals surface area contributed by atoms with Gasteiger partial charge in [-0.25, -0.2) is 0 Å². The summed E-state index contributed by atoms with van der Waals surface area (Å²) in [5.74, 6) is 0.235. The zero-order valence-electron chi connectivity index (χ0n) is 12.4. The number of benzene rings is 1. The first-order valence-corrected chi connectivity index (χ1v) is 8.35. The molecule has 0 saturated carbocycles. The molecule has 5 heteroatoms. The van der Waals surface area contributed by atoms with Crippen LogP contribution >= 0.6 is 23.2 Å². The van der Waals surface area contributed by atoms with Gasteiger partial charge in [0.05, 0.1) is 10.7 Å². The van der Waals surface area contributed by atoms with Crippen molar-refractivity contribution in [2.75, 3.05) is 18.4 Å². The van der Waals surface area contributed by atoms with Crippen LogP contribution in [0.1, 0.15) is 39.0 Å². The van der Waals surface area contributed by atoms with Crippen LogP contribution in [0, 0.1) is 0 Å². The largest absolute Gasteiger partial charge is 0.383 e. The monoisotopic (exact) mass is 328 g/mol. The van der Waals surface area contributed by atoms with Crippen LogP contribution in [0.4, 0.5) is 5.69 Å². The van der Waals surface area contributed by atoms with Gasteiger partial charge in [0.15, 0.2) is 0 Å². The Hall–Kier alpha value is -0.930. The Morgan fingerprint density at radius 3 is 2.90 bits per heavy atom. The predicted octanol–water partition coefficient (Wildman–Crippen LogP) is 4.59. The van der Waals surface area contributed by atoms with E-state index in [-0.39, 0.29) is 5.91 Å². The molecule has 2 rings (SSSR count). The topological polar surface area (TPSA) is 32.3 Å². The first-order valence-electron chi connectivity index (χ1n) is 7.60. The molecule has 0 spiro atoms. The van der Waals surface area contributed by atoms with Crippen molar-refractivity contribution in [3.8, 4) is 0 Å². The lowest BCUT2D eigenvalue weighted by atomic mass is 9.99. The Bertz CT molecular complexity index is 493. The molecular weight excluding hydrogens is 307 g/mol. The normalized spacial score (nSPS) is 18.6. The van der Waals surface area contributed by atoms with Crippen molar-refractivity contribution >= 4 is 34.8 Å². The van der Waals surface area contributed by atoms with Crippen LogP contribution < -0.4 is 5.32 Å². The van der Waals surface area contributed by atoms with Gasteiger partial charge in [-0.15, -0.1) is 0 Å². The molecule has 1 atom stereocenters. The van der Waals surface area contributed by atoms with Gasteiger partial charge in [0.1, 0.15) is 0 Å². The molecule has 1 aliphatic rings. The highest BCUT2D eigenvalue weighted by Crippen LogP contribution is 2.25. The highest BCUT2D eigenvalue weighted by Gasteiger charge is 2.24. The summed E-state index contributed by atoms with van der Waals surface area (Å²) in [6.45, 7) is 3.65. The maximum Gasteiger partial charge on any atom is 0.224 e. The second-order valence-corrected chi connectivity index (χ2v) is 6.29. The lowest BCUT2D eigenvalue weighted by Gasteiger charge is -2.35. The number of hydrogen-bond donors (Lipinski definition) is 1. The number of anilines is 1. The van der Waals surface area contributed by atoms with E-state index in [9.17, 15) is 4.79 Å². The average Bonchev–Trinajstić information content (AvgIpc) is 2.49. The number of hydrogen-bond acceptors (Lipinski definition) is 2. The van der Waals surface area contributed by atoms with Crippen LogP contribution in [0.2, 0.25) is 10.0 Å². The number of halogens is 2. The van der Waals surface area contributed by atoms with Crippen molar-refractivity contribution < 1.29 is 4.79 Å². The molecule has 0 aliphatic carbocycles. The molecule has 1 saturated heterocycles. The summed E-state index contributed by atoms with van der Waals surface area (Å²) in [5.41, 5.74) is 0.819. The molecule has 1 fully saturated rings. The highest BCUT2D eigenvalue weighted by molar-refractivity contribution is 6.36. The third kappa shape index (κ3) is 4.52. The molecule has 0 bridgehead atoms. The van der Waals surface area contributed by atoms with E-state index in [1.165, 1.54) is 6.42 Å². The van der Waals surface area contributed by atoms with Crippen LogP contribution in [0.3, 0.4) is 0 Å². The SMILES string of the molecule is CCC1CCCCN1C(=O)CCNc1ccc(Cl)cc1Cl. The third-order valence-electron chi connectivity index (χ3n) is 4.00. The quantitative estimate of drug-likeness (QED) is 0.857. The van der Waals surface area contributed by atoms with E-state index in [1.54, 1.807) is 12.1 Å². The van der Waals surface area contributed by atoms with Crippen LogP contribution in [0.15, 0.2) is 18.2 Å². The maximum absolute atomic E-state index is 12.3. The molecule has 116 valence electrons. The third-order valence-corrected chi connectivity index (χ3v) is 4.55. The Morgan fingerprint density at radius 1 is 1.38 bits per heavy atom. The van der Waals surface area contributed by atoms with E-state index in [0.29, 0.717) is 29.1 Å². The van der Waals surface area contributed by atoms with Crippen molar-refractivity contribution in [2.45, 2.75) is 45.1 Å². The van der Waals surface area contributed by atoms with Crippen molar-refractivity contribution in [3.63, 3.8) is 0 Å². The molecule has 3 nitrogen and oxygen atoms in total. The number of carbonyl (C=O) groups is 1. The van der Waals surface area contributed by atoms with Gasteiger partial charge in [-0.1, -0.05) is 30.1 Å². The van der Waals surface area contributed by atoms with E-state index < -0.39 is 0 Å². The number of piperidine rings is 1.